The van der Waals surface area contributed by atoms with E-state index in [1.807, 2.05) is 24.3 Å². The summed E-state index contributed by atoms with van der Waals surface area (Å²) in [6.45, 7) is 5.26. The molecule has 0 N–H and O–H groups in total. The van der Waals surface area contributed by atoms with Gasteiger partial charge >= 0.3 is 0 Å². The van der Waals surface area contributed by atoms with E-state index in [1.54, 1.807) is 7.11 Å². The number of ether oxygens (including phenoxy) is 3. The van der Waals surface area contributed by atoms with E-state index in [0.29, 0.717) is 6.61 Å². The third-order valence-electron chi connectivity index (χ3n) is 3.02. The van der Waals surface area contributed by atoms with Crippen LogP contribution in [0, 0.1) is 0 Å². The normalized spacial score (nSPS) is 15.8. The molecular formula is C15H22ClNO3. The molecule has 4 nitrogen and oxygen atoms in total. The van der Waals surface area contributed by atoms with Gasteiger partial charge in [0.25, 0.3) is 0 Å². The summed E-state index contributed by atoms with van der Waals surface area (Å²) in [5, 5.41) is 0. The Balaban J connectivity index is 0.00000200. The average Bonchev–Trinajstić information content (AvgIpc) is 2.48. The minimum atomic E-state index is 0. The molecule has 0 spiro atoms. The molecule has 1 fully saturated rings. The molecule has 0 unspecified atom stereocenters. The maximum absolute atomic E-state index is 5.63. The predicted octanol–water partition coefficient (Wildman–Crippen LogP) is 2.38. The molecule has 2 rings (SSSR count). The SMILES string of the molecule is COc1cccc(OCC=CCN2CCOCC2)c1.Cl. The second kappa shape index (κ2) is 9.64. The highest BCUT2D eigenvalue weighted by atomic mass is 35.5. The lowest BCUT2D eigenvalue weighted by molar-refractivity contribution is 0.0434. The topological polar surface area (TPSA) is 30.9 Å². The van der Waals surface area contributed by atoms with Gasteiger partial charge in [-0.2, -0.15) is 0 Å². The van der Waals surface area contributed by atoms with E-state index in [4.69, 9.17) is 14.2 Å². The zero-order chi connectivity index (χ0) is 13.3. The van der Waals surface area contributed by atoms with Gasteiger partial charge in [0, 0.05) is 25.7 Å². The van der Waals surface area contributed by atoms with Crippen LogP contribution in [0.5, 0.6) is 11.5 Å². The minimum Gasteiger partial charge on any atom is -0.497 e. The Labute approximate surface area is 126 Å². The third kappa shape index (κ3) is 5.82. The Morgan fingerprint density at radius 3 is 2.70 bits per heavy atom. The van der Waals surface area contributed by atoms with Crippen LogP contribution in [-0.2, 0) is 4.74 Å². The maximum Gasteiger partial charge on any atom is 0.123 e. The molecule has 112 valence electrons. The van der Waals surface area contributed by atoms with Gasteiger partial charge in [-0.15, -0.1) is 12.4 Å². The summed E-state index contributed by atoms with van der Waals surface area (Å²) in [5.41, 5.74) is 0. The van der Waals surface area contributed by atoms with Crippen molar-refractivity contribution in [1.29, 1.82) is 0 Å². The summed E-state index contributed by atoms with van der Waals surface area (Å²) in [6.07, 6.45) is 4.19. The number of morpholine rings is 1. The predicted molar refractivity (Wildman–Crippen MR) is 82.1 cm³/mol. The molecule has 1 heterocycles. The average molecular weight is 300 g/mol. The molecule has 20 heavy (non-hydrogen) atoms. The fraction of sp³-hybridized carbons (Fsp3) is 0.467. The second-order valence-electron chi connectivity index (χ2n) is 4.37. The highest BCUT2D eigenvalue weighted by Crippen LogP contribution is 2.18. The molecule has 0 saturated carbocycles. The molecule has 1 aliphatic heterocycles. The number of halogens is 1. The molecule has 0 radical (unpaired) electrons. The van der Waals surface area contributed by atoms with Crippen molar-refractivity contribution >= 4 is 12.4 Å². The quantitative estimate of drug-likeness (QED) is 0.755. The van der Waals surface area contributed by atoms with Crippen molar-refractivity contribution in [3.05, 3.63) is 36.4 Å². The van der Waals surface area contributed by atoms with Gasteiger partial charge in [-0.3, -0.25) is 4.90 Å². The van der Waals surface area contributed by atoms with Gasteiger partial charge in [0.05, 0.1) is 20.3 Å². The molecule has 1 aliphatic rings. The van der Waals surface area contributed by atoms with Gasteiger partial charge in [-0.05, 0) is 12.1 Å². The Kier molecular flexibility index (Phi) is 8.11. The van der Waals surface area contributed by atoms with Crippen LogP contribution >= 0.6 is 12.4 Å². The summed E-state index contributed by atoms with van der Waals surface area (Å²) >= 11 is 0. The van der Waals surface area contributed by atoms with E-state index in [-0.39, 0.29) is 12.4 Å². The van der Waals surface area contributed by atoms with Crippen LogP contribution in [-0.4, -0.2) is 51.5 Å². The van der Waals surface area contributed by atoms with Crippen LogP contribution in [0.3, 0.4) is 0 Å². The van der Waals surface area contributed by atoms with E-state index < -0.39 is 0 Å². The van der Waals surface area contributed by atoms with Crippen LogP contribution in [0.25, 0.3) is 0 Å². The van der Waals surface area contributed by atoms with Gasteiger partial charge in [0.2, 0.25) is 0 Å². The maximum atomic E-state index is 5.63. The molecule has 0 atom stereocenters. The number of benzene rings is 1. The third-order valence-corrected chi connectivity index (χ3v) is 3.02. The van der Waals surface area contributed by atoms with Gasteiger partial charge in [-0.1, -0.05) is 18.2 Å². The first kappa shape index (κ1) is 16.8. The molecule has 0 aromatic heterocycles. The van der Waals surface area contributed by atoms with Gasteiger partial charge in [0.1, 0.15) is 18.1 Å². The number of rotatable bonds is 6. The molecule has 5 heteroatoms. The standard InChI is InChI=1S/C15H21NO3.ClH/c1-17-14-5-4-6-15(13-14)19-10-3-2-7-16-8-11-18-12-9-16;/h2-6,13H,7-12H2,1H3;1H. The van der Waals surface area contributed by atoms with E-state index >= 15 is 0 Å². The van der Waals surface area contributed by atoms with Crippen molar-refractivity contribution < 1.29 is 14.2 Å². The van der Waals surface area contributed by atoms with Gasteiger partial charge < -0.3 is 14.2 Å². The first-order valence-corrected chi connectivity index (χ1v) is 6.60. The van der Waals surface area contributed by atoms with E-state index in [1.165, 1.54) is 0 Å². The van der Waals surface area contributed by atoms with E-state index in [0.717, 1.165) is 44.3 Å². The lowest BCUT2D eigenvalue weighted by Crippen LogP contribution is -2.36. The van der Waals surface area contributed by atoms with Crippen LogP contribution in [0.4, 0.5) is 0 Å². The number of hydrogen-bond donors (Lipinski definition) is 0. The molecule has 1 aromatic rings. The molecule has 0 amide bonds. The van der Waals surface area contributed by atoms with Crippen molar-refractivity contribution in [2.45, 2.75) is 0 Å². The summed E-state index contributed by atoms with van der Waals surface area (Å²) in [7, 11) is 1.65. The highest BCUT2D eigenvalue weighted by molar-refractivity contribution is 5.85. The Bertz CT molecular complexity index is 406. The molecule has 0 bridgehead atoms. The fourth-order valence-corrected chi connectivity index (χ4v) is 1.91. The zero-order valence-electron chi connectivity index (χ0n) is 11.8. The van der Waals surface area contributed by atoms with Crippen molar-refractivity contribution in [2.24, 2.45) is 0 Å². The molecule has 1 aromatic carbocycles. The van der Waals surface area contributed by atoms with Crippen LogP contribution < -0.4 is 9.47 Å². The van der Waals surface area contributed by atoms with Crippen molar-refractivity contribution in [2.75, 3.05) is 46.6 Å². The van der Waals surface area contributed by atoms with Crippen molar-refractivity contribution in [3.8, 4) is 11.5 Å². The minimum absolute atomic E-state index is 0. The molecule has 1 saturated heterocycles. The van der Waals surface area contributed by atoms with Crippen molar-refractivity contribution in [1.82, 2.24) is 4.90 Å². The van der Waals surface area contributed by atoms with Crippen LogP contribution in [0.15, 0.2) is 36.4 Å². The first-order chi connectivity index (χ1) is 9.38. The van der Waals surface area contributed by atoms with E-state index in [9.17, 15) is 0 Å². The number of methoxy groups -OCH3 is 1. The number of hydrogen-bond acceptors (Lipinski definition) is 4. The van der Waals surface area contributed by atoms with Crippen LogP contribution in [0.1, 0.15) is 0 Å². The van der Waals surface area contributed by atoms with Crippen LogP contribution in [0.2, 0.25) is 0 Å². The van der Waals surface area contributed by atoms with Gasteiger partial charge in [0.15, 0.2) is 0 Å². The second-order valence-corrected chi connectivity index (χ2v) is 4.37. The largest absolute Gasteiger partial charge is 0.497 e. The monoisotopic (exact) mass is 299 g/mol. The highest BCUT2D eigenvalue weighted by Gasteiger charge is 2.07. The van der Waals surface area contributed by atoms with E-state index in [2.05, 4.69) is 17.1 Å². The summed E-state index contributed by atoms with van der Waals surface area (Å²) in [6, 6.07) is 7.64. The molecular weight excluding hydrogens is 278 g/mol. The van der Waals surface area contributed by atoms with Gasteiger partial charge in [-0.25, -0.2) is 0 Å². The Morgan fingerprint density at radius 1 is 1.20 bits per heavy atom. The zero-order valence-corrected chi connectivity index (χ0v) is 12.6. The summed E-state index contributed by atoms with van der Waals surface area (Å²) in [4.78, 5) is 2.37. The Morgan fingerprint density at radius 2 is 1.95 bits per heavy atom. The Hall–Kier alpha value is -1.23. The molecule has 0 aliphatic carbocycles. The lowest BCUT2D eigenvalue weighted by atomic mass is 10.3. The van der Waals surface area contributed by atoms with Crippen molar-refractivity contribution in [3.63, 3.8) is 0 Å². The summed E-state index contributed by atoms with van der Waals surface area (Å²) < 4.78 is 16.1. The lowest BCUT2D eigenvalue weighted by Gasteiger charge is -2.25. The first-order valence-electron chi connectivity index (χ1n) is 6.60. The summed E-state index contributed by atoms with van der Waals surface area (Å²) in [5.74, 6) is 1.64. The smallest absolute Gasteiger partial charge is 0.123 e. The number of nitrogens with zero attached hydrogens (tertiary/aromatic N) is 1. The fourth-order valence-electron chi connectivity index (χ4n) is 1.91.